The topological polar surface area (TPSA) is 121 Å². The predicted molar refractivity (Wildman–Crippen MR) is 138 cm³/mol. The van der Waals surface area contributed by atoms with Crippen molar-refractivity contribution >= 4 is 55.8 Å². The molecule has 15 heteroatoms. The van der Waals surface area contributed by atoms with Crippen LogP contribution in [0.25, 0.3) is 0 Å². The number of aromatic nitrogens is 2. The van der Waals surface area contributed by atoms with Gasteiger partial charge < -0.3 is 5.32 Å². The first-order valence-corrected chi connectivity index (χ1v) is 14.6. The molecule has 2 amide bonds. The fraction of sp³-hybridized carbons (Fsp3) is 0.304. The standard InChI is InChI=1S/C23H22F3N5O4S3/c24-23(25,26)17-6-2-3-7-18(17)27-19(32)14-36-22-30-29-21(37-22)28-20(33)15-8-10-16(11-9-15)38(34,35)31-12-4-1-5-13-31/h2-3,6-11H,1,4-5,12-14H2,(H,27,32)(H,28,29,33). The minimum Gasteiger partial charge on any atom is -0.325 e. The van der Waals surface area contributed by atoms with Crippen molar-refractivity contribution in [2.45, 2.75) is 34.7 Å². The molecule has 9 nitrogen and oxygen atoms in total. The quantitative estimate of drug-likeness (QED) is 0.290. The summed E-state index contributed by atoms with van der Waals surface area (Å²) in [6.45, 7) is 0.953. The SMILES string of the molecule is O=C(CSc1nnc(NC(=O)c2ccc(S(=O)(=O)N3CCCCC3)cc2)s1)Nc1ccccc1C(F)(F)F. The Labute approximate surface area is 224 Å². The highest BCUT2D eigenvalue weighted by molar-refractivity contribution is 8.01. The first kappa shape index (κ1) is 28.0. The molecule has 202 valence electrons. The third kappa shape index (κ3) is 6.89. The van der Waals surface area contributed by atoms with Gasteiger partial charge in [-0.3, -0.25) is 14.9 Å². The van der Waals surface area contributed by atoms with Crippen LogP contribution in [0.3, 0.4) is 0 Å². The molecule has 2 N–H and O–H groups in total. The number of piperidine rings is 1. The highest BCUT2D eigenvalue weighted by atomic mass is 32.2. The number of anilines is 2. The Balaban J connectivity index is 1.31. The van der Waals surface area contributed by atoms with E-state index in [9.17, 15) is 31.2 Å². The normalized spacial score (nSPS) is 14.7. The van der Waals surface area contributed by atoms with Crippen LogP contribution in [0.2, 0.25) is 0 Å². The van der Waals surface area contributed by atoms with Crippen molar-refractivity contribution in [3.63, 3.8) is 0 Å². The van der Waals surface area contributed by atoms with E-state index in [0.717, 1.165) is 48.4 Å². The van der Waals surface area contributed by atoms with Crippen LogP contribution < -0.4 is 10.6 Å². The molecule has 1 aliphatic rings. The number of halogens is 3. The first-order valence-electron chi connectivity index (χ1n) is 11.4. The number of amides is 2. The van der Waals surface area contributed by atoms with Gasteiger partial charge in [0.15, 0.2) is 4.34 Å². The highest BCUT2D eigenvalue weighted by Crippen LogP contribution is 2.35. The molecule has 4 rings (SSSR count). The number of sulfonamides is 1. The lowest BCUT2D eigenvalue weighted by Crippen LogP contribution is -2.35. The van der Waals surface area contributed by atoms with E-state index in [1.807, 2.05) is 0 Å². The van der Waals surface area contributed by atoms with Crippen LogP contribution in [-0.2, 0) is 21.0 Å². The minimum absolute atomic E-state index is 0.113. The molecule has 0 spiro atoms. The lowest BCUT2D eigenvalue weighted by molar-refractivity contribution is -0.137. The van der Waals surface area contributed by atoms with Gasteiger partial charge in [0.25, 0.3) is 5.91 Å². The third-order valence-electron chi connectivity index (χ3n) is 5.53. The molecule has 1 aromatic heterocycles. The molecule has 3 aromatic rings. The molecule has 1 aliphatic heterocycles. The van der Waals surface area contributed by atoms with Gasteiger partial charge in [-0.1, -0.05) is 41.7 Å². The summed E-state index contributed by atoms with van der Waals surface area (Å²) in [6.07, 6.45) is -1.97. The molecule has 0 bridgehead atoms. The van der Waals surface area contributed by atoms with Crippen LogP contribution in [0.15, 0.2) is 57.8 Å². The summed E-state index contributed by atoms with van der Waals surface area (Å²) in [6, 6.07) is 10.3. The molecule has 2 heterocycles. The van der Waals surface area contributed by atoms with Crippen LogP contribution in [-0.4, -0.2) is 53.6 Å². The molecular weight excluding hydrogens is 563 g/mol. The fourth-order valence-electron chi connectivity index (χ4n) is 3.67. The van der Waals surface area contributed by atoms with Crippen LogP contribution in [0.1, 0.15) is 35.2 Å². The van der Waals surface area contributed by atoms with Gasteiger partial charge in [-0.05, 0) is 49.2 Å². The van der Waals surface area contributed by atoms with Crippen LogP contribution in [0.4, 0.5) is 24.0 Å². The summed E-state index contributed by atoms with van der Waals surface area (Å²) in [5.41, 5.74) is -1.07. The Hall–Kier alpha value is -3.01. The number of thioether (sulfide) groups is 1. The van der Waals surface area contributed by atoms with E-state index in [1.54, 1.807) is 0 Å². The first-order chi connectivity index (χ1) is 18.0. The van der Waals surface area contributed by atoms with Crippen molar-refractivity contribution < 1.29 is 31.2 Å². The number of alkyl halides is 3. The van der Waals surface area contributed by atoms with Crippen LogP contribution >= 0.6 is 23.1 Å². The van der Waals surface area contributed by atoms with Crippen LogP contribution in [0, 0.1) is 0 Å². The zero-order valence-corrected chi connectivity index (χ0v) is 22.1. The Morgan fingerprint density at radius 3 is 2.34 bits per heavy atom. The molecule has 0 atom stereocenters. The van der Waals surface area contributed by atoms with Crippen molar-refractivity contribution in [1.82, 2.24) is 14.5 Å². The number of benzene rings is 2. The third-order valence-corrected chi connectivity index (χ3v) is 9.41. The molecule has 0 radical (unpaired) electrons. The second-order valence-corrected chi connectivity index (χ2v) is 12.3. The second-order valence-electron chi connectivity index (χ2n) is 8.20. The van der Waals surface area contributed by atoms with Gasteiger partial charge in [-0.15, -0.1) is 10.2 Å². The van der Waals surface area contributed by atoms with Gasteiger partial charge in [0, 0.05) is 18.7 Å². The maximum Gasteiger partial charge on any atom is 0.418 e. The number of rotatable bonds is 8. The van der Waals surface area contributed by atoms with Gasteiger partial charge >= 0.3 is 6.18 Å². The van der Waals surface area contributed by atoms with E-state index < -0.39 is 33.6 Å². The maximum absolute atomic E-state index is 13.1. The van der Waals surface area contributed by atoms with Crippen molar-refractivity contribution in [1.29, 1.82) is 0 Å². The van der Waals surface area contributed by atoms with Crippen molar-refractivity contribution in [3.05, 3.63) is 59.7 Å². The molecule has 0 saturated carbocycles. The largest absolute Gasteiger partial charge is 0.418 e. The highest BCUT2D eigenvalue weighted by Gasteiger charge is 2.33. The molecule has 0 aliphatic carbocycles. The lowest BCUT2D eigenvalue weighted by Gasteiger charge is -2.25. The van der Waals surface area contributed by atoms with Gasteiger partial charge in [-0.25, -0.2) is 8.42 Å². The average Bonchev–Trinajstić information content (AvgIpc) is 3.35. The number of hydrogen-bond donors (Lipinski definition) is 2. The summed E-state index contributed by atoms with van der Waals surface area (Å²) in [7, 11) is -3.61. The summed E-state index contributed by atoms with van der Waals surface area (Å²) < 4.78 is 66.6. The average molecular weight is 586 g/mol. The summed E-state index contributed by atoms with van der Waals surface area (Å²) in [4.78, 5) is 24.9. The molecule has 38 heavy (non-hydrogen) atoms. The van der Waals surface area contributed by atoms with Crippen molar-refractivity contribution in [2.24, 2.45) is 0 Å². The summed E-state index contributed by atoms with van der Waals surface area (Å²) in [5, 5.41) is 12.7. The van der Waals surface area contributed by atoms with Gasteiger partial charge in [0.2, 0.25) is 21.1 Å². The number of hydrogen-bond acceptors (Lipinski definition) is 8. The molecule has 1 fully saturated rings. The zero-order chi connectivity index (χ0) is 27.3. The number of nitrogens with zero attached hydrogens (tertiary/aromatic N) is 3. The maximum atomic E-state index is 13.1. The van der Waals surface area contributed by atoms with Gasteiger partial charge in [0.1, 0.15) is 0 Å². The Morgan fingerprint density at radius 2 is 1.66 bits per heavy atom. The van der Waals surface area contributed by atoms with E-state index >= 15 is 0 Å². The molecule has 1 saturated heterocycles. The number of para-hydroxylation sites is 1. The van der Waals surface area contributed by atoms with E-state index in [1.165, 1.54) is 46.8 Å². The molecule has 0 unspecified atom stereocenters. The van der Waals surface area contributed by atoms with Gasteiger partial charge in [-0.2, -0.15) is 17.5 Å². The zero-order valence-electron chi connectivity index (χ0n) is 19.7. The molecular formula is C23H22F3N5O4S3. The van der Waals surface area contributed by atoms with E-state index in [2.05, 4.69) is 20.8 Å². The Morgan fingerprint density at radius 1 is 0.974 bits per heavy atom. The predicted octanol–water partition coefficient (Wildman–Crippen LogP) is 4.71. The monoisotopic (exact) mass is 585 g/mol. The number of nitrogens with one attached hydrogen (secondary N) is 2. The van der Waals surface area contributed by atoms with Crippen molar-refractivity contribution in [3.8, 4) is 0 Å². The lowest BCUT2D eigenvalue weighted by atomic mass is 10.1. The minimum atomic E-state index is -4.61. The van der Waals surface area contributed by atoms with Gasteiger partial charge in [0.05, 0.1) is 21.9 Å². The number of carbonyl (C=O) groups is 2. The van der Waals surface area contributed by atoms with E-state index in [4.69, 9.17) is 0 Å². The number of carbonyl (C=O) groups excluding carboxylic acids is 2. The summed E-state index contributed by atoms with van der Waals surface area (Å²) in [5.74, 6) is -1.41. The Kier molecular flexibility index (Phi) is 8.70. The van der Waals surface area contributed by atoms with Crippen LogP contribution in [0.5, 0.6) is 0 Å². The Bertz CT molecular complexity index is 1410. The molecule has 2 aromatic carbocycles. The fourth-order valence-corrected chi connectivity index (χ4v) is 6.74. The second kappa shape index (κ2) is 11.8. The van der Waals surface area contributed by atoms with E-state index in [0.29, 0.717) is 17.4 Å². The smallest absolute Gasteiger partial charge is 0.325 e. The van der Waals surface area contributed by atoms with Crippen molar-refractivity contribution in [2.75, 3.05) is 29.5 Å². The summed E-state index contributed by atoms with van der Waals surface area (Å²) >= 11 is 1.94. The van der Waals surface area contributed by atoms with E-state index in [-0.39, 0.29) is 27.0 Å².